The first-order valence-corrected chi connectivity index (χ1v) is 12.7. The van der Waals surface area contributed by atoms with Gasteiger partial charge in [0.1, 0.15) is 10.6 Å². The number of carbonyl (C=O) groups is 3. The summed E-state index contributed by atoms with van der Waals surface area (Å²) in [6.07, 6.45) is 1.22. The summed E-state index contributed by atoms with van der Waals surface area (Å²) in [5.41, 5.74) is 7.01. The second kappa shape index (κ2) is 10.0. The Hall–Kier alpha value is -2.82. The lowest BCUT2D eigenvalue weighted by Gasteiger charge is -2.32. The van der Waals surface area contributed by atoms with Crippen molar-refractivity contribution in [3.8, 4) is 0 Å². The van der Waals surface area contributed by atoms with Crippen LogP contribution in [-0.4, -0.2) is 59.1 Å². The van der Waals surface area contributed by atoms with Crippen molar-refractivity contribution in [1.29, 1.82) is 0 Å². The van der Waals surface area contributed by atoms with E-state index < -0.39 is 17.5 Å². The smallest absolute Gasteiger partial charge is 0.410 e. The summed E-state index contributed by atoms with van der Waals surface area (Å²) < 4.78 is 5.51. The van der Waals surface area contributed by atoms with Crippen LogP contribution in [0.5, 0.6) is 0 Å². The topological polar surface area (TPSA) is 117 Å². The maximum atomic E-state index is 12.6. The number of nitrogens with two attached hydrogens (primary N) is 1. The predicted octanol–water partition coefficient (Wildman–Crippen LogP) is 4.51. The van der Waals surface area contributed by atoms with E-state index in [4.69, 9.17) is 22.1 Å². The van der Waals surface area contributed by atoms with Crippen LogP contribution >= 0.6 is 22.9 Å². The zero-order chi connectivity index (χ0) is 25.3. The highest BCUT2D eigenvalue weighted by molar-refractivity contribution is 7.17. The number of anilines is 2. The van der Waals surface area contributed by atoms with Gasteiger partial charge in [0.05, 0.1) is 5.56 Å². The first kappa shape index (κ1) is 25.3. The van der Waals surface area contributed by atoms with Gasteiger partial charge in [0.15, 0.2) is 0 Å². The Bertz CT molecular complexity index is 1130. The van der Waals surface area contributed by atoms with Crippen molar-refractivity contribution in [3.05, 3.63) is 45.3 Å². The summed E-state index contributed by atoms with van der Waals surface area (Å²) in [7, 11) is 0. The number of carbonyl (C=O) groups excluding carboxylic acids is 3. The molecule has 0 radical (unpaired) electrons. The minimum atomic E-state index is -0.560. The first-order valence-electron chi connectivity index (χ1n) is 11.5. The van der Waals surface area contributed by atoms with Crippen LogP contribution in [0.2, 0.25) is 5.02 Å². The molecule has 1 atom stereocenters. The normalized spacial score (nSPS) is 18.2. The third-order valence-electron chi connectivity index (χ3n) is 5.99. The summed E-state index contributed by atoms with van der Waals surface area (Å²) in [4.78, 5) is 42.4. The number of hydrogen-bond donors (Lipinski definition) is 3. The monoisotopic (exact) mass is 519 g/mol. The number of benzene rings is 1. The van der Waals surface area contributed by atoms with Crippen molar-refractivity contribution in [2.45, 2.75) is 51.8 Å². The Balaban J connectivity index is 1.43. The Morgan fingerprint density at radius 2 is 1.86 bits per heavy atom. The molecule has 188 valence electrons. The van der Waals surface area contributed by atoms with Crippen molar-refractivity contribution in [3.63, 3.8) is 0 Å². The lowest BCUT2D eigenvalue weighted by molar-refractivity contribution is 0.0278. The van der Waals surface area contributed by atoms with E-state index in [2.05, 4.69) is 15.5 Å². The number of thiophene rings is 1. The Morgan fingerprint density at radius 1 is 1.14 bits per heavy atom. The maximum Gasteiger partial charge on any atom is 0.410 e. The Kier molecular flexibility index (Phi) is 7.25. The number of amides is 4. The summed E-state index contributed by atoms with van der Waals surface area (Å²) in [6, 6.07) is 6.48. The number of hydrogen-bond acceptors (Lipinski definition) is 6. The van der Waals surface area contributed by atoms with Crippen LogP contribution in [0.15, 0.2) is 24.3 Å². The molecule has 2 aromatic rings. The average Bonchev–Trinajstić information content (AvgIpc) is 3.38. The molecular formula is C24H30ClN5O4S. The van der Waals surface area contributed by atoms with Crippen LogP contribution in [0.1, 0.15) is 48.0 Å². The number of likely N-dealkylation sites (tertiary alicyclic amines) is 1. The molecule has 35 heavy (non-hydrogen) atoms. The van der Waals surface area contributed by atoms with Crippen molar-refractivity contribution < 1.29 is 19.1 Å². The molecule has 2 aliphatic heterocycles. The van der Waals surface area contributed by atoms with E-state index in [1.54, 1.807) is 29.2 Å². The fraction of sp³-hybridized carbons (Fsp3) is 0.458. The van der Waals surface area contributed by atoms with Gasteiger partial charge in [-0.25, -0.2) is 9.59 Å². The van der Waals surface area contributed by atoms with Crippen LogP contribution in [0.25, 0.3) is 0 Å². The van der Waals surface area contributed by atoms with E-state index in [-0.39, 0.29) is 12.1 Å². The fourth-order valence-electron chi connectivity index (χ4n) is 4.41. The third-order valence-corrected chi connectivity index (χ3v) is 7.38. The van der Waals surface area contributed by atoms with Crippen molar-refractivity contribution in [1.82, 2.24) is 9.80 Å². The summed E-state index contributed by atoms with van der Waals surface area (Å²) in [5.74, 6) is -0.560. The van der Waals surface area contributed by atoms with E-state index in [0.29, 0.717) is 47.3 Å². The number of urea groups is 1. The summed E-state index contributed by atoms with van der Waals surface area (Å²) >= 11 is 7.26. The molecule has 2 aliphatic rings. The van der Waals surface area contributed by atoms with Crippen LogP contribution in [0.4, 0.5) is 20.3 Å². The molecule has 1 saturated heterocycles. The second-order valence-electron chi connectivity index (χ2n) is 9.75. The molecule has 1 fully saturated rings. The standard InChI is InChI=1S/C24H30ClN5O4S/c1-24(2,3)34-23(33)30-10-8-16(12-30)29-11-9-17-18(13-29)35-21(19(17)20(26)31)28-22(32)27-15-6-4-14(25)5-7-15/h4-7,16H,8-13H2,1-3H3,(H2,26,31)(H2,27,28,32). The van der Waals surface area contributed by atoms with Gasteiger partial charge >= 0.3 is 12.1 Å². The van der Waals surface area contributed by atoms with Gasteiger partial charge in [0, 0.05) is 47.8 Å². The maximum absolute atomic E-state index is 12.6. The first-order chi connectivity index (χ1) is 16.5. The quantitative estimate of drug-likeness (QED) is 0.549. The van der Waals surface area contributed by atoms with Crippen molar-refractivity contribution >= 4 is 51.7 Å². The van der Waals surface area contributed by atoms with Crippen molar-refractivity contribution in [2.24, 2.45) is 5.73 Å². The van der Waals surface area contributed by atoms with Crippen molar-refractivity contribution in [2.75, 3.05) is 30.3 Å². The lowest BCUT2D eigenvalue weighted by atomic mass is 10.0. The minimum Gasteiger partial charge on any atom is -0.444 e. The zero-order valence-electron chi connectivity index (χ0n) is 20.0. The molecule has 0 saturated carbocycles. The largest absolute Gasteiger partial charge is 0.444 e. The van der Waals surface area contributed by atoms with Gasteiger partial charge in [-0.3, -0.25) is 15.0 Å². The highest BCUT2D eigenvalue weighted by Crippen LogP contribution is 2.38. The van der Waals surface area contributed by atoms with Gasteiger partial charge in [-0.2, -0.15) is 0 Å². The van der Waals surface area contributed by atoms with E-state index in [9.17, 15) is 14.4 Å². The molecule has 0 aliphatic carbocycles. The molecule has 3 heterocycles. The highest BCUT2D eigenvalue weighted by atomic mass is 35.5. The number of nitrogens with one attached hydrogen (secondary N) is 2. The number of rotatable bonds is 4. The summed E-state index contributed by atoms with van der Waals surface area (Å²) in [5, 5.41) is 6.53. The summed E-state index contributed by atoms with van der Waals surface area (Å²) in [6.45, 7) is 8.21. The fourth-order valence-corrected chi connectivity index (χ4v) is 5.81. The predicted molar refractivity (Wildman–Crippen MR) is 137 cm³/mol. The van der Waals surface area contributed by atoms with E-state index in [1.807, 2.05) is 20.8 Å². The number of fused-ring (bicyclic) bond motifs is 1. The minimum absolute atomic E-state index is 0.208. The van der Waals surface area contributed by atoms with Gasteiger partial charge in [0.25, 0.3) is 5.91 Å². The van der Waals surface area contributed by atoms with Gasteiger partial charge in [0.2, 0.25) is 0 Å². The molecule has 0 spiro atoms. The van der Waals surface area contributed by atoms with E-state index in [0.717, 1.165) is 23.4 Å². The molecular weight excluding hydrogens is 490 g/mol. The third kappa shape index (κ3) is 6.06. The van der Waals surface area contributed by atoms with Gasteiger partial charge in [-0.05, 0) is 63.4 Å². The Morgan fingerprint density at radius 3 is 2.51 bits per heavy atom. The molecule has 1 aromatic heterocycles. The van der Waals surface area contributed by atoms with Crippen LogP contribution in [0.3, 0.4) is 0 Å². The average molecular weight is 520 g/mol. The van der Waals surface area contributed by atoms with Gasteiger partial charge in [-0.1, -0.05) is 11.6 Å². The number of nitrogens with zero attached hydrogens (tertiary/aromatic N) is 2. The molecule has 1 aromatic carbocycles. The number of primary amides is 1. The molecule has 11 heteroatoms. The van der Waals surface area contributed by atoms with Crippen LogP contribution < -0.4 is 16.4 Å². The number of ether oxygens (including phenoxy) is 1. The zero-order valence-corrected chi connectivity index (χ0v) is 21.6. The van der Waals surface area contributed by atoms with Gasteiger partial charge < -0.3 is 20.7 Å². The SMILES string of the molecule is CC(C)(C)OC(=O)N1CCC(N2CCc3c(sc(NC(=O)Nc4ccc(Cl)cc4)c3C(N)=O)C2)C1. The van der Waals surface area contributed by atoms with Gasteiger partial charge in [-0.15, -0.1) is 11.3 Å². The molecule has 0 bridgehead atoms. The van der Waals surface area contributed by atoms with E-state index >= 15 is 0 Å². The molecule has 1 unspecified atom stereocenters. The van der Waals surface area contributed by atoms with Crippen LogP contribution in [0, 0.1) is 0 Å². The Labute approximate surface area is 213 Å². The molecule has 4 N–H and O–H groups in total. The van der Waals surface area contributed by atoms with Crippen LogP contribution in [-0.2, 0) is 17.7 Å². The number of halogens is 1. The molecule has 4 amide bonds. The molecule has 4 rings (SSSR count). The highest BCUT2D eigenvalue weighted by Gasteiger charge is 2.36. The second-order valence-corrected chi connectivity index (χ2v) is 11.3. The lowest BCUT2D eigenvalue weighted by Crippen LogP contribution is -2.42. The van der Waals surface area contributed by atoms with E-state index in [1.165, 1.54) is 11.3 Å². The molecule has 9 nitrogen and oxygen atoms in total.